The Labute approximate surface area is 104 Å². The number of aromatic nitrogens is 1. The molecule has 0 aliphatic heterocycles. The topological polar surface area (TPSA) is 30.0 Å². The normalized spacial score (nSPS) is 18.2. The van der Waals surface area contributed by atoms with Gasteiger partial charge in [-0.25, -0.2) is 0 Å². The van der Waals surface area contributed by atoms with Crippen molar-refractivity contribution in [1.29, 1.82) is 0 Å². The molecule has 17 heavy (non-hydrogen) atoms. The summed E-state index contributed by atoms with van der Waals surface area (Å²) in [5, 5.41) is 0. The summed E-state index contributed by atoms with van der Waals surface area (Å²) in [6, 6.07) is 13.0. The summed E-state index contributed by atoms with van der Waals surface area (Å²) in [7, 11) is 0. The number of hydrogen-bond acceptors (Lipinski definition) is 3. The molecule has 0 radical (unpaired) electrons. The molecule has 3 rings (SSSR count). The summed E-state index contributed by atoms with van der Waals surface area (Å²) in [5.41, 5.74) is 2.33. The summed E-state index contributed by atoms with van der Waals surface area (Å²) in [4.78, 5) is 17.2. The number of Topliss-reactive ketones (excluding diaryl/α,β-unsaturated/α-hetero) is 1. The second kappa shape index (κ2) is 3.86. The molecular weight excluding hydrogens is 230 g/mol. The molecule has 0 N–H and O–H groups in total. The summed E-state index contributed by atoms with van der Waals surface area (Å²) in [6.45, 7) is 0. The number of fused-ring (bicyclic) bond motifs is 1. The standard InChI is InChI=1S/C14H9NOS/c16-13-9-5-1-2-6-10(9)14(17)12(13)11-7-3-4-8-15-11/h1-8,12H. The van der Waals surface area contributed by atoms with Crippen LogP contribution >= 0.6 is 12.2 Å². The first-order valence-corrected chi connectivity index (χ1v) is 5.78. The number of thiocarbonyl (C=S) groups is 1. The molecule has 0 saturated carbocycles. The maximum absolute atomic E-state index is 12.3. The van der Waals surface area contributed by atoms with Crippen molar-refractivity contribution in [3.63, 3.8) is 0 Å². The predicted octanol–water partition coefficient (Wildman–Crippen LogP) is 2.78. The third kappa shape index (κ3) is 1.51. The van der Waals surface area contributed by atoms with Crippen molar-refractivity contribution in [3.05, 3.63) is 65.5 Å². The van der Waals surface area contributed by atoms with Crippen LogP contribution in [0.3, 0.4) is 0 Å². The first-order chi connectivity index (χ1) is 8.29. The number of hydrogen-bond donors (Lipinski definition) is 0. The number of nitrogens with zero attached hydrogens (tertiary/aromatic N) is 1. The van der Waals surface area contributed by atoms with Crippen molar-refractivity contribution < 1.29 is 4.79 Å². The number of carbonyl (C=O) groups is 1. The first-order valence-electron chi connectivity index (χ1n) is 5.37. The van der Waals surface area contributed by atoms with Gasteiger partial charge in [-0.2, -0.15) is 0 Å². The Morgan fingerprint density at radius 1 is 1.00 bits per heavy atom. The van der Waals surface area contributed by atoms with E-state index in [0.717, 1.165) is 11.3 Å². The Bertz CT molecular complexity index is 572. The highest BCUT2D eigenvalue weighted by atomic mass is 32.1. The fourth-order valence-corrected chi connectivity index (χ4v) is 2.56. The smallest absolute Gasteiger partial charge is 0.177 e. The molecule has 1 aromatic carbocycles. The average Bonchev–Trinajstić information content (AvgIpc) is 2.64. The van der Waals surface area contributed by atoms with E-state index in [4.69, 9.17) is 12.2 Å². The second-order valence-electron chi connectivity index (χ2n) is 3.96. The van der Waals surface area contributed by atoms with Crippen LogP contribution < -0.4 is 0 Å². The van der Waals surface area contributed by atoms with Gasteiger partial charge < -0.3 is 0 Å². The average molecular weight is 239 g/mol. The minimum absolute atomic E-state index is 0.0595. The van der Waals surface area contributed by atoms with Crippen LogP contribution in [0.5, 0.6) is 0 Å². The van der Waals surface area contributed by atoms with Gasteiger partial charge >= 0.3 is 0 Å². The van der Waals surface area contributed by atoms with E-state index >= 15 is 0 Å². The van der Waals surface area contributed by atoms with Gasteiger partial charge in [-0.15, -0.1) is 0 Å². The zero-order valence-electron chi connectivity index (χ0n) is 8.96. The first kappa shape index (κ1) is 10.3. The Kier molecular flexibility index (Phi) is 2.34. The second-order valence-corrected chi connectivity index (χ2v) is 4.40. The molecule has 82 valence electrons. The molecule has 3 heteroatoms. The van der Waals surface area contributed by atoms with E-state index in [0.29, 0.717) is 10.4 Å². The molecule has 0 spiro atoms. The van der Waals surface area contributed by atoms with Gasteiger partial charge in [0.15, 0.2) is 5.78 Å². The Morgan fingerprint density at radius 2 is 1.71 bits per heavy atom. The summed E-state index contributed by atoms with van der Waals surface area (Å²) in [5.74, 6) is -0.326. The zero-order chi connectivity index (χ0) is 11.8. The van der Waals surface area contributed by atoms with Crippen LogP contribution in [0.25, 0.3) is 0 Å². The number of ketones is 1. The lowest BCUT2D eigenvalue weighted by Gasteiger charge is -2.07. The quantitative estimate of drug-likeness (QED) is 0.717. The number of rotatable bonds is 1. The van der Waals surface area contributed by atoms with E-state index in [1.807, 2.05) is 42.5 Å². The van der Waals surface area contributed by atoms with Crippen molar-refractivity contribution in [2.75, 3.05) is 0 Å². The highest BCUT2D eigenvalue weighted by Gasteiger charge is 2.36. The van der Waals surface area contributed by atoms with Crippen molar-refractivity contribution in [2.45, 2.75) is 5.92 Å². The third-order valence-electron chi connectivity index (χ3n) is 2.97. The Hall–Kier alpha value is -1.87. The molecule has 1 heterocycles. The highest BCUT2D eigenvalue weighted by Crippen LogP contribution is 2.33. The molecule has 0 saturated heterocycles. The maximum Gasteiger partial charge on any atom is 0.177 e. The molecular formula is C14H9NOS. The summed E-state index contributed by atoms with van der Waals surface area (Å²) < 4.78 is 0. The molecule has 1 aromatic heterocycles. The van der Waals surface area contributed by atoms with Gasteiger partial charge in [0, 0.05) is 22.2 Å². The van der Waals surface area contributed by atoms with E-state index < -0.39 is 0 Å². The molecule has 0 amide bonds. The molecule has 2 nitrogen and oxygen atoms in total. The Balaban J connectivity index is 2.13. The van der Waals surface area contributed by atoms with Crippen LogP contribution in [0.15, 0.2) is 48.7 Å². The molecule has 0 fully saturated rings. The van der Waals surface area contributed by atoms with Crippen LogP contribution in [-0.2, 0) is 0 Å². The molecule has 1 unspecified atom stereocenters. The number of benzene rings is 1. The number of carbonyl (C=O) groups excluding carboxylic acids is 1. The van der Waals surface area contributed by atoms with E-state index in [-0.39, 0.29) is 11.7 Å². The summed E-state index contributed by atoms with van der Waals surface area (Å²) >= 11 is 5.39. The molecule has 1 atom stereocenters. The lowest BCUT2D eigenvalue weighted by molar-refractivity contribution is 0.0988. The maximum atomic E-state index is 12.3. The monoisotopic (exact) mass is 239 g/mol. The lowest BCUT2D eigenvalue weighted by Crippen LogP contribution is -2.13. The van der Waals surface area contributed by atoms with Crippen molar-refractivity contribution in [2.24, 2.45) is 0 Å². The van der Waals surface area contributed by atoms with Crippen molar-refractivity contribution in [3.8, 4) is 0 Å². The van der Waals surface area contributed by atoms with Crippen molar-refractivity contribution >= 4 is 22.9 Å². The summed E-state index contributed by atoms with van der Waals surface area (Å²) in [6.07, 6.45) is 1.69. The van der Waals surface area contributed by atoms with E-state index in [1.54, 1.807) is 6.20 Å². The third-order valence-corrected chi connectivity index (χ3v) is 3.42. The minimum Gasteiger partial charge on any atom is -0.293 e. The van der Waals surface area contributed by atoms with Gasteiger partial charge in [-0.3, -0.25) is 9.78 Å². The van der Waals surface area contributed by atoms with Gasteiger partial charge in [0.2, 0.25) is 0 Å². The highest BCUT2D eigenvalue weighted by molar-refractivity contribution is 7.81. The van der Waals surface area contributed by atoms with Gasteiger partial charge in [0.05, 0.1) is 5.69 Å². The van der Waals surface area contributed by atoms with Crippen molar-refractivity contribution in [1.82, 2.24) is 4.98 Å². The minimum atomic E-state index is -0.386. The Morgan fingerprint density at radius 3 is 2.35 bits per heavy atom. The van der Waals surface area contributed by atoms with Gasteiger partial charge in [-0.1, -0.05) is 42.5 Å². The molecule has 1 aliphatic rings. The lowest BCUT2D eigenvalue weighted by atomic mass is 10.0. The molecule has 2 aromatic rings. The van der Waals surface area contributed by atoms with Crippen LogP contribution in [0.1, 0.15) is 27.5 Å². The van der Waals surface area contributed by atoms with Crippen LogP contribution in [-0.4, -0.2) is 15.6 Å². The fourth-order valence-electron chi connectivity index (χ4n) is 2.16. The van der Waals surface area contributed by atoms with Gasteiger partial charge in [0.25, 0.3) is 0 Å². The molecule has 1 aliphatic carbocycles. The van der Waals surface area contributed by atoms with Crippen LogP contribution in [0, 0.1) is 0 Å². The van der Waals surface area contributed by atoms with Crippen LogP contribution in [0.4, 0.5) is 0 Å². The fraction of sp³-hybridized carbons (Fsp3) is 0.0714. The van der Waals surface area contributed by atoms with E-state index in [2.05, 4.69) is 4.98 Å². The number of pyridine rings is 1. The van der Waals surface area contributed by atoms with E-state index in [1.165, 1.54) is 0 Å². The largest absolute Gasteiger partial charge is 0.293 e. The zero-order valence-corrected chi connectivity index (χ0v) is 9.78. The molecule has 0 bridgehead atoms. The van der Waals surface area contributed by atoms with Crippen LogP contribution in [0.2, 0.25) is 0 Å². The van der Waals surface area contributed by atoms with Gasteiger partial charge in [-0.05, 0) is 12.1 Å². The van der Waals surface area contributed by atoms with Gasteiger partial charge in [0.1, 0.15) is 5.92 Å². The van der Waals surface area contributed by atoms with E-state index in [9.17, 15) is 4.79 Å². The predicted molar refractivity (Wildman–Crippen MR) is 69.5 cm³/mol. The SMILES string of the molecule is O=C1c2ccccc2C(=S)C1c1ccccn1.